The Morgan fingerprint density at radius 1 is 0.575 bits per heavy atom. The van der Waals surface area contributed by atoms with Gasteiger partial charge in [-0.1, -0.05) is 24.3 Å². The Bertz CT molecular complexity index is 1190. The zero-order chi connectivity index (χ0) is 27.7. The molecule has 4 rings (SSSR count). The maximum atomic E-state index is 5.86. The lowest BCUT2D eigenvalue weighted by atomic mass is 10.0. The summed E-state index contributed by atoms with van der Waals surface area (Å²) in [7, 11) is 0. The third-order valence-electron chi connectivity index (χ3n) is 5.96. The monoisotopic (exact) mass is 542 g/mol. The summed E-state index contributed by atoms with van der Waals surface area (Å²) in [5.74, 6) is 0.791. The highest BCUT2D eigenvalue weighted by atomic mass is 16.5. The molecule has 0 spiro atoms. The molecule has 0 aliphatic rings. The molecule has 4 aromatic rings. The Hall–Kier alpha value is -3.73. The van der Waals surface area contributed by atoms with Crippen LogP contribution in [-0.2, 0) is 9.47 Å². The van der Waals surface area contributed by atoms with Gasteiger partial charge in [0.2, 0.25) is 0 Å². The standard InChI is InChI=1S/C31H38N6O3/c32-11-14-33-15-16-34-17-18-38-19-20-39-21-22-40-27-9-7-25(8-10-27)26-23-30(28-5-1-3-12-35-28)37-31(24-26)29-6-2-4-13-36-29/h1-10,12-13,23-24,33-34H,11,14-22,32H2. The van der Waals surface area contributed by atoms with E-state index in [1.165, 1.54) is 0 Å². The first-order valence-electron chi connectivity index (χ1n) is 13.7. The summed E-state index contributed by atoms with van der Waals surface area (Å²) in [6.45, 7) is 6.88. The normalized spacial score (nSPS) is 11.0. The van der Waals surface area contributed by atoms with Crippen LogP contribution in [0.25, 0.3) is 33.9 Å². The molecule has 210 valence electrons. The predicted octanol–water partition coefficient (Wildman–Crippen LogP) is 3.42. The van der Waals surface area contributed by atoms with Crippen molar-refractivity contribution >= 4 is 0 Å². The van der Waals surface area contributed by atoms with Crippen molar-refractivity contribution in [2.75, 3.05) is 65.8 Å². The first-order valence-corrected chi connectivity index (χ1v) is 13.7. The lowest BCUT2D eigenvalue weighted by Gasteiger charge is -2.11. The third-order valence-corrected chi connectivity index (χ3v) is 5.96. The van der Waals surface area contributed by atoms with Crippen LogP contribution in [0.2, 0.25) is 0 Å². The predicted molar refractivity (Wildman–Crippen MR) is 158 cm³/mol. The van der Waals surface area contributed by atoms with Gasteiger partial charge in [0, 0.05) is 45.1 Å². The summed E-state index contributed by atoms with van der Waals surface area (Å²) >= 11 is 0. The SMILES string of the molecule is NCCNCCNCCOCCOCCOc1ccc(-c2cc(-c3ccccn3)nc(-c3ccccn3)c2)cc1. The summed E-state index contributed by atoms with van der Waals surface area (Å²) in [6, 6.07) is 23.8. The van der Waals surface area contributed by atoms with E-state index in [1.807, 2.05) is 60.7 Å². The van der Waals surface area contributed by atoms with Crippen molar-refractivity contribution in [2.45, 2.75) is 0 Å². The molecule has 0 amide bonds. The van der Waals surface area contributed by atoms with Crippen molar-refractivity contribution in [1.29, 1.82) is 0 Å². The molecule has 0 aliphatic heterocycles. The molecular weight excluding hydrogens is 504 g/mol. The molecule has 3 heterocycles. The van der Waals surface area contributed by atoms with Crippen LogP contribution in [0.1, 0.15) is 0 Å². The number of rotatable bonds is 18. The molecule has 0 aliphatic carbocycles. The number of hydrogen-bond donors (Lipinski definition) is 3. The maximum absolute atomic E-state index is 5.86. The molecule has 9 heteroatoms. The quantitative estimate of drug-likeness (QED) is 0.163. The topological polar surface area (TPSA) is 116 Å². The minimum atomic E-state index is 0.472. The van der Waals surface area contributed by atoms with Crippen LogP contribution >= 0.6 is 0 Å². The number of pyridine rings is 3. The third kappa shape index (κ3) is 9.78. The van der Waals surface area contributed by atoms with Gasteiger partial charge in [-0.25, -0.2) is 4.98 Å². The molecule has 0 radical (unpaired) electrons. The molecule has 4 N–H and O–H groups in total. The van der Waals surface area contributed by atoms with E-state index >= 15 is 0 Å². The zero-order valence-electron chi connectivity index (χ0n) is 22.8. The van der Waals surface area contributed by atoms with Gasteiger partial charge >= 0.3 is 0 Å². The lowest BCUT2D eigenvalue weighted by Crippen LogP contribution is -2.32. The van der Waals surface area contributed by atoms with Crippen LogP contribution in [0.3, 0.4) is 0 Å². The van der Waals surface area contributed by atoms with E-state index in [0.717, 1.165) is 65.8 Å². The Balaban J connectivity index is 1.22. The Morgan fingerprint density at radius 2 is 1.18 bits per heavy atom. The lowest BCUT2D eigenvalue weighted by molar-refractivity contribution is 0.0373. The molecule has 0 atom stereocenters. The molecule has 0 saturated heterocycles. The van der Waals surface area contributed by atoms with Crippen LogP contribution in [0.15, 0.2) is 85.2 Å². The average molecular weight is 543 g/mol. The number of hydrogen-bond acceptors (Lipinski definition) is 9. The molecule has 0 saturated carbocycles. The molecule has 0 bridgehead atoms. The number of benzene rings is 1. The number of nitrogens with one attached hydrogen (secondary N) is 2. The smallest absolute Gasteiger partial charge is 0.119 e. The highest BCUT2D eigenvalue weighted by molar-refractivity contribution is 5.74. The number of nitrogens with two attached hydrogens (primary N) is 1. The second-order valence-corrected chi connectivity index (χ2v) is 8.94. The van der Waals surface area contributed by atoms with Crippen molar-refractivity contribution in [3.63, 3.8) is 0 Å². The first-order chi connectivity index (χ1) is 19.8. The van der Waals surface area contributed by atoms with Crippen molar-refractivity contribution in [3.05, 3.63) is 85.2 Å². The Labute approximate surface area is 236 Å². The minimum Gasteiger partial charge on any atom is -0.491 e. The van der Waals surface area contributed by atoms with E-state index in [4.69, 9.17) is 24.9 Å². The van der Waals surface area contributed by atoms with Gasteiger partial charge in [0.15, 0.2) is 0 Å². The van der Waals surface area contributed by atoms with E-state index in [1.54, 1.807) is 12.4 Å². The second kappa shape index (κ2) is 17.1. The molecule has 1 aromatic carbocycles. The van der Waals surface area contributed by atoms with Gasteiger partial charge in [0.25, 0.3) is 0 Å². The van der Waals surface area contributed by atoms with Crippen LogP contribution < -0.4 is 21.1 Å². The van der Waals surface area contributed by atoms with Crippen LogP contribution in [-0.4, -0.2) is 80.7 Å². The minimum absolute atomic E-state index is 0.472. The van der Waals surface area contributed by atoms with E-state index in [-0.39, 0.29) is 0 Å². The summed E-state index contributed by atoms with van der Waals surface area (Å²) in [5, 5.41) is 6.55. The summed E-state index contributed by atoms with van der Waals surface area (Å²) in [6.07, 6.45) is 3.55. The zero-order valence-corrected chi connectivity index (χ0v) is 22.8. The van der Waals surface area contributed by atoms with Crippen LogP contribution in [0.5, 0.6) is 5.75 Å². The van der Waals surface area contributed by atoms with Crippen molar-refractivity contribution in [2.24, 2.45) is 5.73 Å². The fourth-order valence-electron chi connectivity index (χ4n) is 3.95. The molecule has 0 fully saturated rings. The molecule has 3 aromatic heterocycles. The summed E-state index contributed by atoms with van der Waals surface area (Å²) in [5.41, 5.74) is 10.7. The van der Waals surface area contributed by atoms with Gasteiger partial charge in [-0.05, 0) is 59.7 Å². The fourth-order valence-corrected chi connectivity index (χ4v) is 3.95. The highest BCUT2D eigenvalue weighted by Gasteiger charge is 2.10. The van der Waals surface area contributed by atoms with Crippen molar-refractivity contribution in [3.8, 4) is 39.7 Å². The largest absolute Gasteiger partial charge is 0.491 e. The summed E-state index contributed by atoms with van der Waals surface area (Å²) < 4.78 is 17.1. The van der Waals surface area contributed by atoms with Crippen LogP contribution in [0.4, 0.5) is 0 Å². The molecular formula is C31H38N6O3. The molecule has 40 heavy (non-hydrogen) atoms. The van der Waals surface area contributed by atoms with Gasteiger partial charge in [0.1, 0.15) is 12.4 Å². The van der Waals surface area contributed by atoms with Crippen molar-refractivity contribution in [1.82, 2.24) is 25.6 Å². The van der Waals surface area contributed by atoms with E-state index in [2.05, 4.69) is 32.7 Å². The first kappa shape index (κ1) is 29.3. The fraction of sp³-hybridized carbons (Fsp3) is 0.323. The van der Waals surface area contributed by atoms with Gasteiger partial charge in [-0.3, -0.25) is 9.97 Å². The van der Waals surface area contributed by atoms with Crippen molar-refractivity contribution < 1.29 is 14.2 Å². The second-order valence-electron chi connectivity index (χ2n) is 8.94. The van der Waals surface area contributed by atoms with Gasteiger partial charge in [0.05, 0.1) is 49.2 Å². The molecule has 0 unspecified atom stereocenters. The van der Waals surface area contributed by atoms with Crippen LogP contribution in [0, 0.1) is 0 Å². The number of aromatic nitrogens is 3. The van der Waals surface area contributed by atoms with E-state index < -0.39 is 0 Å². The molecule has 9 nitrogen and oxygen atoms in total. The maximum Gasteiger partial charge on any atom is 0.119 e. The number of ether oxygens (including phenoxy) is 3. The van der Waals surface area contributed by atoms with Gasteiger partial charge in [-0.15, -0.1) is 0 Å². The van der Waals surface area contributed by atoms with E-state index in [9.17, 15) is 0 Å². The van der Waals surface area contributed by atoms with Gasteiger partial charge < -0.3 is 30.6 Å². The van der Waals surface area contributed by atoms with E-state index in [0.29, 0.717) is 39.6 Å². The highest BCUT2D eigenvalue weighted by Crippen LogP contribution is 2.29. The Morgan fingerprint density at radius 3 is 1.77 bits per heavy atom. The summed E-state index contributed by atoms with van der Waals surface area (Å²) in [4.78, 5) is 13.8. The van der Waals surface area contributed by atoms with Gasteiger partial charge in [-0.2, -0.15) is 0 Å². The number of nitrogens with zero attached hydrogens (tertiary/aromatic N) is 3. The average Bonchev–Trinajstić information content (AvgIpc) is 3.02. The Kier molecular flexibility index (Phi) is 12.5.